The number of rotatable bonds is 7. The maximum atomic E-state index is 12.5. The molecule has 30 heavy (non-hydrogen) atoms. The van der Waals surface area contributed by atoms with Crippen molar-refractivity contribution in [1.82, 2.24) is 10.1 Å². The van der Waals surface area contributed by atoms with Crippen LogP contribution in [0, 0.1) is 6.92 Å². The van der Waals surface area contributed by atoms with Crippen LogP contribution in [0.5, 0.6) is 11.6 Å². The number of para-hydroxylation sites is 1. The van der Waals surface area contributed by atoms with E-state index in [4.69, 9.17) is 20.9 Å². The van der Waals surface area contributed by atoms with E-state index >= 15 is 0 Å². The fourth-order valence-electron chi connectivity index (χ4n) is 2.98. The molecule has 2 aromatic heterocycles. The van der Waals surface area contributed by atoms with Crippen LogP contribution in [-0.2, 0) is 6.42 Å². The number of aryl methyl sites for hydroxylation is 2. The summed E-state index contributed by atoms with van der Waals surface area (Å²) >= 11 is 6.29. The topological polar surface area (TPSA) is 65.2 Å². The number of aromatic nitrogens is 2. The molecule has 0 saturated carbocycles. The summed E-state index contributed by atoms with van der Waals surface area (Å²) in [7, 11) is 0. The van der Waals surface area contributed by atoms with Crippen LogP contribution in [0.25, 0.3) is 11.3 Å². The molecule has 0 N–H and O–H groups in total. The summed E-state index contributed by atoms with van der Waals surface area (Å²) in [5, 5.41) is 4.70. The van der Waals surface area contributed by atoms with Gasteiger partial charge in [0.25, 0.3) is 0 Å². The molecule has 2 aromatic carbocycles. The van der Waals surface area contributed by atoms with E-state index in [1.165, 1.54) is 6.20 Å². The van der Waals surface area contributed by atoms with Crippen LogP contribution in [0.15, 0.2) is 77.4 Å². The van der Waals surface area contributed by atoms with E-state index in [1.807, 2.05) is 61.5 Å². The van der Waals surface area contributed by atoms with Crippen LogP contribution in [0.2, 0.25) is 5.02 Å². The normalized spacial score (nSPS) is 10.7. The third-order valence-electron chi connectivity index (χ3n) is 4.58. The van der Waals surface area contributed by atoms with E-state index in [-0.39, 0.29) is 12.2 Å². The molecule has 0 fully saturated rings. The van der Waals surface area contributed by atoms with Gasteiger partial charge >= 0.3 is 0 Å². The second-order valence-corrected chi connectivity index (χ2v) is 7.29. The van der Waals surface area contributed by atoms with Gasteiger partial charge in [-0.1, -0.05) is 47.1 Å². The van der Waals surface area contributed by atoms with Gasteiger partial charge in [0.2, 0.25) is 5.88 Å². The second kappa shape index (κ2) is 8.93. The molecule has 2 heterocycles. The zero-order valence-corrected chi connectivity index (χ0v) is 17.1. The number of ether oxygens (including phenoxy) is 1. The lowest BCUT2D eigenvalue weighted by molar-refractivity contribution is 0.0980. The lowest BCUT2D eigenvalue weighted by Gasteiger charge is -2.05. The lowest BCUT2D eigenvalue weighted by Crippen LogP contribution is -2.01. The number of pyridine rings is 1. The van der Waals surface area contributed by atoms with Crippen molar-refractivity contribution in [2.75, 3.05) is 0 Å². The number of benzene rings is 2. The predicted octanol–water partition coefficient (Wildman–Crippen LogP) is 6.31. The molecule has 0 aliphatic rings. The second-order valence-electron chi connectivity index (χ2n) is 6.89. The Balaban J connectivity index is 1.36. The molecular formula is C24H19ClN2O3. The number of halogens is 1. The Morgan fingerprint density at radius 1 is 1.07 bits per heavy atom. The molecule has 0 amide bonds. The fraction of sp³-hybridized carbons (Fsp3) is 0.125. The van der Waals surface area contributed by atoms with Crippen LogP contribution < -0.4 is 4.74 Å². The minimum Gasteiger partial charge on any atom is -0.439 e. The van der Waals surface area contributed by atoms with Crippen molar-refractivity contribution in [3.63, 3.8) is 0 Å². The fourth-order valence-corrected chi connectivity index (χ4v) is 3.31. The average Bonchev–Trinajstić information content (AvgIpc) is 3.22. The van der Waals surface area contributed by atoms with Gasteiger partial charge in [0.1, 0.15) is 17.2 Å². The van der Waals surface area contributed by atoms with E-state index in [1.54, 1.807) is 12.1 Å². The van der Waals surface area contributed by atoms with Gasteiger partial charge in [-0.05, 0) is 36.8 Å². The highest BCUT2D eigenvalue weighted by Gasteiger charge is 2.13. The molecular weight excluding hydrogens is 400 g/mol. The summed E-state index contributed by atoms with van der Waals surface area (Å²) in [4.78, 5) is 16.7. The number of Topliss-reactive ketones (excluding diaryl/α,β-unsaturated/α-hetero) is 1. The Morgan fingerprint density at radius 2 is 1.90 bits per heavy atom. The van der Waals surface area contributed by atoms with Crippen molar-refractivity contribution in [1.29, 1.82) is 0 Å². The number of nitrogens with zero attached hydrogens (tertiary/aromatic N) is 2. The number of carbonyl (C=O) groups is 1. The van der Waals surface area contributed by atoms with Gasteiger partial charge in [-0.15, -0.1) is 0 Å². The third-order valence-corrected chi connectivity index (χ3v) is 4.89. The van der Waals surface area contributed by atoms with Crippen molar-refractivity contribution in [2.45, 2.75) is 19.8 Å². The first-order valence-electron chi connectivity index (χ1n) is 9.53. The largest absolute Gasteiger partial charge is 0.439 e. The van der Waals surface area contributed by atoms with E-state index in [9.17, 15) is 4.79 Å². The zero-order chi connectivity index (χ0) is 20.9. The lowest BCUT2D eigenvalue weighted by atomic mass is 10.1. The van der Waals surface area contributed by atoms with Crippen molar-refractivity contribution in [3.8, 4) is 22.9 Å². The quantitative estimate of drug-likeness (QED) is 0.329. The zero-order valence-electron chi connectivity index (χ0n) is 16.3. The molecule has 4 rings (SSSR count). The van der Waals surface area contributed by atoms with Gasteiger partial charge in [0, 0.05) is 42.3 Å². The molecule has 0 aliphatic heterocycles. The van der Waals surface area contributed by atoms with Crippen molar-refractivity contribution >= 4 is 17.4 Å². The van der Waals surface area contributed by atoms with E-state index < -0.39 is 0 Å². The van der Waals surface area contributed by atoms with Gasteiger partial charge in [-0.25, -0.2) is 4.98 Å². The first-order valence-corrected chi connectivity index (χ1v) is 9.90. The molecule has 0 atom stereocenters. The van der Waals surface area contributed by atoms with Gasteiger partial charge in [-0.2, -0.15) is 0 Å². The van der Waals surface area contributed by atoms with E-state index in [0.717, 1.165) is 11.1 Å². The van der Waals surface area contributed by atoms with Gasteiger partial charge in [0.05, 0.1) is 5.02 Å². The molecule has 150 valence electrons. The van der Waals surface area contributed by atoms with Crippen LogP contribution in [-0.4, -0.2) is 15.9 Å². The molecule has 0 unspecified atom stereocenters. The summed E-state index contributed by atoms with van der Waals surface area (Å²) in [5.41, 5.74) is 3.07. The van der Waals surface area contributed by atoms with Gasteiger partial charge < -0.3 is 9.26 Å². The maximum Gasteiger partial charge on any atom is 0.219 e. The molecule has 0 saturated heterocycles. The van der Waals surface area contributed by atoms with Crippen molar-refractivity contribution in [3.05, 3.63) is 94.8 Å². The summed E-state index contributed by atoms with van der Waals surface area (Å²) in [6.07, 6.45) is 2.26. The molecule has 5 nitrogen and oxygen atoms in total. The Hall–Kier alpha value is -3.44. The average molecular weight is 419 g/mol. The Bertz CT molecular complexity index is 1150. The predicted molar refractivity (Wildman–Crippen MR) is 115 cm³/mol. The molecule has 6 heteroatoms. The third kappa shape index (κ3) is 4.75. The van der Waals surface area contributed by atoms with Crippen molar-refractivity contribution < 1.29 is 14.1 Å². The summed E-state index contributed by atoms with van der Waals surface area (Å²) in [6, 6.07) is 20.3. The van der Waals surface area contributed by atoms with Crippen LogP contribution in [0.4, 0.5) is 0 Å². The smallest absolute Gasteiger partial charge is 0.219 e. The van der Waals surface area contributed by atoms with Crippen LogP contribution in [0.1, 0.15) is 28.1 Å². The highest BCUT2D eigenvalue weighted by atomic mass is 35.5. The molecule has 0 radical (unpaired) electrons. The number of ketones is 1. The summed E-state index contributed by atoms with van der Waals surface area (Å²) < 4.78 is 11.0. The summed E-state index contributed by atoms with van der Waals surface area (Å²) in [6.45, 7) is 1.98. The minimum absolute atomic E-state index is 0.0277. The molecule has 0 bridgehead atoms. The van der Waals surface area contributed by atoms with Gasteiger partial charge in [0.15, 0.2) is 5.78 Å². The number of hydrogen-bond donors (Lipinski definition) is 0. The van der Waals surface area contributed by atoms with Crippen LogP contribution >= 0.6 is 11.6 Å². The monoisotopic (exact) mass is 418 g/mol. The standard InChI is InChI=1S/C24H19ClN2O3/c1-16-7-10-20(21(25)13-16)22-14-19(30-27-22)9-11-23(28)17-8-12-24(26-15-17)29-18-5-3-2-4-6-18/h2-8,10,12-15H,9,11H2,1H3. The first kappa shape index (κ1) is 19.9. The Kier molecular flexibility index (Phi) is 5.91. The van der Waals surface area contributed by atoms with Crippen molar-refractivity contribution in [2.24, 2.45) is 0 Å². The SMILES string of the molecule is Cc1ccc(-c2cc(CCC(=O)c3ccc(Oc4ccccc4)nc3)on2)c(Cl)c1. The molecule has 4 aromatic rings. The molecule has 0 spiro atoms. The van der Waals surface area contributed by atoms with E-state index in [2.05, 4.69) is 10.1 Å². The summed E-state index contributed by atoms with van der Waals surface area (Å²) in [5.74, 6) is 1.73. The number of hydrogen-bond acceptors (Lipinski definition) is 5. The Morgan fingerprint density at radius 3 is 2.63 bits per heavy atom. The molecule has 0 aliphatic carbocycles. The highest BCUT2D eigenvalue weighted by molar-refractivity contribution is 6.33. The van der Waals surface area contributed by atoms with E-state index in [0.29, 0.717) is 40.1 Å². The first-order chi connectivity index (χ1) is 14.6. The highest BCUT2D eigenvalue weighted by Crippen LogP contribution is 2.28. The van der Waals surface area contributed by atoms with Gasteiger partial charge in [-0.3, -0.25) is 4.79 Å². The number of carbonyl (C=O) groups excluding carboxylic acids is 1. The Labute approximate surface area is 179 Å². The van der Waals surface area contributed by atoms with Crippen LogP contribution in [0.3, 0.4) is 0 Å². The maximum absolute atomic E-state index is 12.5. The minimum atomic E-state index is -0.0277.